The van der Waals surface area contributed by atoms with Crippen LogP contribution in [-0.4, -0.2) is 28.4 Å². The molecule has 1 aromatic rings. The Morgan fingerprint density at radius 3 is 3.07 bits per heavy atom. The molecule has 0 aliphatic heterocycles. The van der Waals surface area contributed by atoms with Gasteiger partial charge in [-0.3, -0.25) is 10.1 Å². The summed E-state index contributed by atoms with van der Waals surface area (Å²) < 4.78 is 3.95. The van der Waals surface area contributed by atoms with E-state index in [0.717, 1.165) is 0 Å². The van der Waals surface area contributed by atoms with Crippen LogP contribution in [0.25, 0.3) is 0 Å². The Kier molecular flexibility index (Phi) is 4.21. The van der Waals surface area contributed by atoms with Crippen LogP contribution < -0.4 is 10.6 Å². The van der Waals surface area contributed by atoms with Crippen molar-refractivity contribution in [1.29, 1.82) is 0 Å². The number of rotatable bonds is 5. The van der Waals surface area contributed by atoms with Crippen LogP contribution in [0.4, 0.5) is 5.13 Å². The molecular weight excluding hydrogens is 200 g/mol. The van der Waals surface area contributed by atoms with Gasteiger partial charge in [-0.2, -0.15) is 4.37 Å². The van der Waals surface area contributed by atoms with E-state index in [4.69, 9.17) is 0 Å². The van der Waals surface area contributed by atoms with Crippen molar-refractivity contribution in [2.75, 3.05) is 18.4 Å². The monoisotopic (exact) mass is 212 g/mol. The number of amides is 1. The normalized spacial score (nSPS) is 9.79. The van der Waals surface area contributed by atoms with Crippen molar-refractivity contribution in [3.05, 3.63) is 18.5 Å². The highest BCUT2D eigenvalue weighted by atomic mass is 32.1. The summed E-state index contributed by atoms with van der Waals surface area (Å²) in [7, 11) is 0. The van der Waals surface area contributed by atoms with Gasteiger partial charge in [0.25, 0.3) is 0 Å². The number of hydrogen-bond donors (Lipinski definition) is 2. The van der Waals surface area contributed by atoms with Crippen LogP contribution >= 0.6 is 11.5 Å². The number of anilines is 1. The number of hydrogen-bond acceptors (Lipinski definition) is 5. The molecule has 5 nitrogen and oxygen atoms in total. The predicted molar refractivity (Wildman–Crippen MR) is 56.3 cm³/mol. The van der Waals surface area contributed by atoms with E-state index >= 15 is 0 Å². The van der Waals surface area contributed by atoms with Gasteiger partial charge in [-0.05, 0) is 6.92 Å². The molecule has 76 valence electrons. The fraction of sp³-hybridized carbons (Fsp3) is 0.375. The molecule has 1 rings (SSSR count). The van der Waals surface area contributed by atoms with Gasteiger partial charge in [0.15, 0.2) is 0 Å². The van der Waals surface area contributed by atoms with Crippen molar-refractivity contribution in [3.8, 4) is 0 Å². The highest BCUT2D eigenvalue weighted by Gasteiger charge is 2.04. The molecule has 0 radical (unpaired) electrons. The second-order valence-electron chi connectivity index (χ2n) is 2.61. The van der Waals surface area contributed by atoms with E-state index in [2.05, 4.69) is 26.6 Å². The summed E-state index contributed by atoms with van der Waals surface area (Å²) >= 11 is 1.18. The van der Waals surface area contributed by atoms with Crippen molar-refractivity contribution in [1.82, 2.24) is 14.7 Å². The van der Waals surface area contributed by atoms with Gasteiger partial charge in [0.1, 0.15) is 5.82 Å². The van der Waals surface area contributed by atoms with E-state index < -0.39 is 0 Å². The van der Waals surface area contributed by atoms with Crippen LogP contribution in [0.15, 0.2) is 12.7 Å². The lowest BCUT2D eigenvalue weighted by Crippen LogP contribution is -2.27. The van der Waals surface area contributed by atoms with E-state index in [9.17, 15) is 4.79 Å². The van der Waals surface area contributed by atoms with Crippen LogP contribution in [0.2, 0.25) is 0 Å². The molecule has 0 aliphatic carbocycles. The summed E-state index contributed by atoms with van der Waals surface area (Å²) in [5.74, 6) is 0.548. The highest BCUT2D eigenvalue weighted by Crippen LogP contribution is 2.09. The molecule has 2 N–H and O–H groups in total. The maximum Gasteiger partial charge on any atom is 0.240 e. The summed E-state index contributed by atoms with van der Waals surface area (Å²) in [5, 5.41) is 6.05. The summed E-state index contributed by atoms with van der Waals surface area (Å²) in [6, 6.07) is 0. The zero-order valence-corrected chi connectivity index (χ0v) is 8.73. The Labute approximate surface area is 86.4 Å². The summed E-state index contributed by atoms with van der Waals surface area (Å²) in [6.07, 6.45) is 1.70. The molecule has 1 heterocycles. The number of carbonyl (C=O) groups is 1. The van der Waals surface area contributed by atoms with Crippen LogP contribution in [-0.2, 0) is 4.79 Å². The zero-order chi connectivity index (χ0) is 10.4. The van der Waals surface area contributed by atoms with Gasteiger partial charge in [0.05, 0.1) is 6.54 Å². The molecule has 0 saturated carbocycles. The second-order valence-corrected chi connectivity index (χ2v) is 3.37. The Hall–Kier alpha value is -1.27. The first kappa shape index (κ1) is 10.8. The number of nitrogens with zero attached hydrogens (tertiary/aromatic N) is 2. The third kappa shape index (κ3) is 3.63. The third-order valence-corrected chi connectivity index (χ3v) is 2.07. The summed E-state index contributed by atoms with van der Waals surface area (Å²) in [4.78, 5) is 15.2. The first-order valence-corrected chi connectivity index (χ1v) is 4.91. The van der Waals surface area contributed by atoms with Crippen LogP contribution in [0.3, 0.4) is 0 Å². The molecule has 0 spiro atoms. The number of aryl methyl sites for hydroxylation is 1. The fourth-order valence-corrected chi connectivity index (χ4v) is 1.39. The Morgan fingerprint density at radius 1 is 1.71 bits per heavy atom. The summed E-state index contributed by atoms with van der Waals surface area (Å²) in [5.41, 5.74) is 0. The van der Waals surface area contributed by atoms with Crippen LogP contribution in [0.1, 0.15) is 5.82 Å². The second kappa shape index (κ2) is 5.46. The maximum atomic E-state index is 11.2. The molecule has 0 fully saturated rings. The number of nitrogens with one attached hydrogen (secondary N) is 2. The molecule has 0 aliphatic rings. The molecule has 6 heteroatoms. The van der Waals surface area contributed by atoms with E-state index in [1.165, 1.54) is 11.5 Å². The highest BCUT2D eigenvalue weighted by molar-refractivity contribution is 7.09. The number of carbonyl (C=O) groups excluding carboxylic acids is 1. The minimum Gasteiger partial charge on any atom is -0.305 e. The largest absolute Gasteiger partial charge is 0.305 e. The molecule has 0 aromatic carbocycles. The van der Waals surface area contributed by atoms with Gasteiger partial charge >= 0.3 is 0 Å². The van der Waals surface area contributed by atoms with Gasteiger partial charge in [-0.1, -0.05) is 6.08 Å². The van der Waals surface area contributed by atoms with Crippen LogP contribution in [0.5, 0.6) is 0 Å². The molecule has 0 saturated heterocycles. The van der Waals surface area contributed by atoms with Gasteiger partial charge in [0.2, 0.25) is 11.0 Å². The van der Waals surface area contributed by atoms with E-state index in [0.29, 0.717) is 17.5 Å². The molecule has 1 aromatic heterocycles. The Bertz CT molecular complexity index is 323. The predicted octanol–water partition coefficient (Wildman–Crippen LogP) is 0.561. The van der Waals surface area contributed by atoms with E-state index in [1.807, 2.05) is 0 Å². The summed E-state index contributed by atoms with van der Waals surface area (Å²) in [6.45, 7) is 6.18. The molecule has 0 unspecified atom stereocenters. The quantitative estimate of drug-likeness (QED) is 0.553. The lowest BCUT2D eigenvalue weighted by molar-refractivity contribution is -0.115. The average Bonchev–Trinajstić information content (AvgIpc) is 2.52. The van der Waals surface area contributed by atoms with Crippen molar-refractivity contribution >= 4 is 22.6 Å². The first-order valence-electron chi connectivity index (χ1n) is 4.14. The van der Waals surface area contributed by atoms with Gasteiger partial charge in [-0.25, -0.2) is 4.98 Å². The van der Waals surface area contributed by atoms with Gasteiger partial charge in [0, 0.05) is 18.1 Å². The van der Waals surface area contributed by atoms with E-state index in [1.54, 1.807) is 13.0 Å². The minimum absolute atomic E-state index is 0.122. The van der Waals surface area contributed by atoms with Gasteiger partial charge in [-0.15, -0.1) is 6.58 Å². The minimum atomic E-state index is -0.122. The topological polar surface area (TPSA) is 66.9 Å². The standard InChI is InChI=1S/C8H12N4OS/c1-3-4-9-5-7(13)11-8-10-6(2)12-14-8/h3,9H,1,4-5H2,2H3,(H,10,11,12,13). The van der Waals surface area contributed by atoms with Crippen molar-refractivity contribution in [3.63, 3.8) is 0 Å². The Balaban J connectivity index is 2.30. The third-order valence-electron chi connectivity index (χ3n) is 1.35. The first-order chi connectivity index (χ1) is 6.72. The van der Waals surface area contributed by atoms with E-state index in [-0.39, 0.29) is 12.5 Å². The Morgan fingerprint density at radius 2 is 2.50 bits per heavy atom. The molecule has 0 bridgehead atoms. The molecular formula is C8H12N4OS. The van der Waals surface area contributed by atoms with Crippen molar-refractivity contribution in [2.24, 2.45) is 0 Å². The molecule has 1 amide bonds. The zero-order valence-electron chi connectivity index (χ0n) is 7.91. The number of aromatic nitrogens is 2. The lowest BCUT2D eigenvalue weighted by Gasteiger charge is -2.00. The maximum absolute atomic E-state index is 11.2. The molecule has 0 atom stereocenters. The van der Waals surface area contributed by atoms with Gasteiger partial charge < -0.3 is 5.32 Å². The SMILES string of the molecule is C=CCNCC(=O)Nc1nc(C)ns1. The fourth-order valence-electron chi connectivity index (χ4n) is 0.799. The van der Waals surface area contributed by atoms with Crippen molar-refractivity contribution < 1.29 is 4.79 Å². The van der Waals surface area contributed by atoms with Crippen molar-refractivity contribution in [2.45, 2.75) is 6.92 Å². The lowest BCUT2D eigenvalue weighted by atomic mass is 10.5. The van der Waals surface area contributed by atoms with Crippen LogP contribution in [0, 0.1) is 6.92 Å². The average molecular weight is 212 g/mol. The molecule has 14 heavy (non-hydrogen) atoms. The smallest absolute Gasteiger partial charge is 0.240 e.